The van der Waals surface area contributed by atoms with Gasteiger partial charge in [-0.05, 0) is 6.42 Å². The number of carbonyl (C=O) groups excluding carboxylic acids is 2. The van der Waals surface area contributed by atoms with E-state index in [1.165, 1.54) is 0 Å². The molecule has 13 heavy (non-hydrogen) atoms. The number of unbranched alkanes of at least 4 members (excludes halogenated alkanes) is 2. The minimum absolute atomic E-state index is 0.333. The molecule has 0 saturated carbocycles. The lowest BCUT2D eigenvalue weighted by Crippen LogP contribution is -2.36. The maximum absolute atomic E-state index is 10.9. The molecule has 0 unspecified atom stereocenters. The Morgan fingerprint density at radius 2 is 2.08 bits per heavy atom. The average molecular weight is 186 g/mol. The van der Waals surface area contributed by atoms with E-state index in [1.807, 2.05) is 12.2 Å². The van der Waals surface area contributed by atoms with Gasteiger partial charge in [0.1, 0.15) is 0 Å². The molecule has 0 aromatic carbocycles. The van der Waals surface area contributed by atoms with Crippen molar-refractivity contribution in [2.75, 3.05) is 0 Å². The Morgan fingerprint density at radius 3 is 2.62 bits per heavy atom. The summed E-state index contributed by atoms with van der Waals surface area (Å²) < 4.78 is 0. The molecule has 0 fully saturated rings. The Bertz CT molecular complexity index is 193. The Labute approximate surface area is 76.6 Å². The van der Waals surface area contributed by atoms with Crippen LogP contribution in [0.15, 0.2) is 5.22 Å². The Balaban J connectivity index is 3.49. The molecule has 0 spiro atoms. The third kappa shape index (κ3) is 6.92. The normalized spacial score (nSPS) is 9.00. The van der Waals surface area contributed by atoms with Crippen LogP contribution in [-0.2, 0) is 4.79 Å². The van der Waals surface area contributed by atoms with Gasteiger partial charge in [-0.2, -0.15) is 5.53 Å². The van der Waals surface area contributed by atoms with E-state index >= 15 is 0 Å². The molecule has 0 radical (unpaired) electrons. The highest BCUT2D eigenvalue weighted by atomic mass is 16.2. The largest absolute Gasteiger partial charge is 0.343 e. The van der Waals surface area contributed by atoms with Gasteiger partial charge in [-0.25, -0.2) is 10.2 Å². The molecular weight excluding hydrogens is 172 g/mol. The molecule has 0 aromatic rings. The lowest BCUT2D eigenvalue weighted by atomic mass is 10.2. The Kier molecular flexibility index (Phi) is 6.39. The van der Waals surface area contributed by atoms with Gasteiger partial charge in [0, 0.05) is 6.42 Å². The molecule has 3 N–H and O–H groups in total. The molecule has 74 valence electrons. The summed E-state index contributed by atoms with van der Waals surface area (Å²) in [5.41, 5.74) is 8.07. The summed E-state index contributed by atoms with van der Waals surface area (Å²) in [4.78, 5) is 21.6. The summed E-state index contributed by atoms with van der Waals surface area (Å²) in [7, 11) is 0. The van der Waals surface area contributed by atoms with Crippen LogP contribution in [0.5, 0.6) is 0 Å². The van der Waals surface area contributed by atoms with Crippen LogP contribution in [0.3, 0.4) is 0 Å². The van der Waals surface area contributed by atoms with Crippen molar-refractivity contribution in [3.05, 3.63) is 0 Å². The minimum atomic E-state index is -0.753. The number of nitrogens with zero attached hydrogens (tertiary/aromatic N) is 1. The van der Waals surface area contributed by atoms with Crippen molar-refractivity contribution < 1.29 is 9.59 Å². The molecule has 0 aliphatic rings. The molecule has 6 heteroatoms. The van der Waals surface area contributed by atoms with Gasteiger partial charge in [0.2, 0.25) is 5.91 Å². The van der Waals surface area contributed by atoms with E-state index in [4.69, 9.17) is 5.53 Å². The van der Waals surface area contributed by atoms with E-state index in [0.29, 0.717) is 6.42 Å². The van der Waals surface area contributed by atoms with Crippen LogP contribution in [-0.4, -0.2) is 11.9 Å². The van der Waals surface area contributed by atoms with Crippen LogP contribution in [0.25, 0.3) is 0 Å². The van der Waals surface area contributed by atoms with Crippen molar-refractivity contribution in [3.63, 3.8) is 0 Å². The van der Waals surface area contributed by atoms with E-state index < -0.39 is 6.03 Å². The van der Waals surface area contributed by atoms with Gasteiger partial charge in [0.15, 0.2) is 0 Å². The fourth-order valence-electron chi connectivity index (χ4n) is 0.803. The molecule has 0 rings (SSSR count). The summed E-state index contributed by atoms with van der Waals surface area (Å²) in [6.07, 6.45) is 3.10. The molecule has 0 atom stereocenters. The predicted octanol–water partition coefficient (Wildman–Crippen LogP) is 1.34. The SMILES string of the molecule is CCCCCC(=O)NC(=O)NN=N. The summed E-state index contributed by atoms with van der Waals surface area (Å²) in [5.74, 6) is -0.338. The van der Waals surface area contributed by atoms with Gasteiger partial charge in [-0.1, -0.05) is 25.0 Å². The van der Waals surface area contributed by atoms with E-state index in [2.05, 4.69) is 5.22 Å². The first-order chi connectivity index (χ1) is 6.20. The monoisotopic (exact) mass is 186 g/mol. The summed E-state index contributed by atoms with van der Waals surface area (Å²) >= 11 is 0. The van der Waals surface area contributed by atoms with Crippen LogP contribution in [0.2, 0.25) is 0 Å². The highest BCUT2D eigenvalue weighted by Crippen LogP contribution is 1.97. The number of urea groups is 1. The molecule has 0 saturated heterocycles. The zero-order valence-electron chi connectivity index (χ0n) is 7.59. The fraction of sp³-hybridized carbons (Fsp3) is 0.714. The molecule has 6 nitrogen and oxygen atoms in total. The highest BCUT2D eigenvalue weighted by Gasteiger charge is 2.05. The van der Waals surface area contributed by atoms with Crippen molar-refractivity contribution in [2.24, 2.45) is 5.22 Å². The second kappa shape index (κ2) is 7.20. The third-order valence-corrected chi connectivity index (χ3v) is 1.42. The van der Waals surface area contributed by atoms with Gasteiger partial charge in [-0.15, -0.1) is 0 Å². The predicted molar refractivity (Wildman–Crippen MR) is 46.0 cm³/mol. The van der Waals surface area contributed by atoms with Crippen LogP contribution in [0.4, 0.5) is 4.79 Å². The van der Waals surface area contributed by atoms with E-state index in [-0.39, 0.29) is 5.91 Å². The standard InChI is InChI=1S/C7H14N4O2/c1-2-3-4-5-6(12)9-7(13)10-11-8/h2-5H2,1H3,(H3,8,9,10,12,13). The molecule has 0 aliphatic heterocycles. The van der Waals surface area contributed by atoms with Crippen molar-refractivity contribution in [1.29, 1.82) is 5.53 Å². The van der Waals surface area contributed by atoms with Crippen molar-refractivity contribution in [3.8, 4) is 0 Å². The number of rotatable bonds is 5. The van der Waals surface area contributed by atoms with Gasteiger partial charge in [0.25, 0.3) is 0 Å². The minimum Gasteiger partial charge on any atom is -0.277 e. The quantitative estimate of drug-likeness (QED) is 0.343. The Hall–Kier alpha value is -1.46. The Morgan fingerprint density at radius 1 is 1.38 bits per heavy atom. The maximum Gasteiger partial charge on any atom is 0.343 e. The number of hydrogen-bond acceptors (Lipinski definition) is 4. The second-order valence-electron chi connectivity index (χ2n) is 2.56. The topological polar surface area (TPSA) is 94.4 Å². The lowest BCUT2D eigenvalue weighted by molar-refractivity contribution is -0.120. The first kappa shape index (κ1) is 11.5. The van der Waals surface area contributed by atoms with Crippen LogP contribution in [0.1, 0.15) is 32.6 Å². The summed E-state index contributed by atoms with van der Waals surface area (Å²) in [6.45, 7) is 2.03. The van der Waals surface area contributed by atoms with Crippen molar-refractivity contribution in [1.82, 2.24) is 10.7 Å². The van der Waals surface area contributed by atoms with E-state index in [0.717, 1.165) is 19.3 Å². The molecule has 0 heterocycles. The van der Waals surface area contributed by atoms with Crippen LogP contribution >= 0.6 is 0 Å². The number of imide groups is 1. The average Bonchev–Trinajstić information content (AvgIpc) is 2.05. The highest BCUT2D eigenvalue weighted by molar-refractivity contribution is 5.93. The molecule has 0 aliphatic carbocycles. The second-order valence-corrected chi connectivity index (χ2v) is 2.56. The molecule has 0 aromatic heterocycles. The van der Waals surface area contributed by atoms with E-state index in [1.54, 1.807) is 5.43 Å². The zero-order valence-corrected chi connectivity index (χ0v) is 7.59. The molecular formula is C7H14N4O2. The van der Waals surface area contributed by atoms with E-state index in [9.17, 15) is 9.59 Å². The maximum atomic E-state index is 10.9. The van der Waals surface area contributed by atoms with Gasteiger partial charge in [0.05, 0.1) is 0 Å². The summed E-state index contributed by atoms with van der Waals surface area (Å²) in [5, 5.41) is 4.66. The van der Waals surface area contributed by atoms with Crippen molar-refractivity contribution >= 4 is 11.9 Å². The van der Waals surface area contributed by atoms with Crippen LogP contribution in [0, 0.1) is 5.53 Å². The van der Waals surface area contributed by atoms with Gasteiger partial charge in [-0.3, -0.25) is 10.1 Å². The first-order valence-corrected chi connectivity index (χ1v) is 4.17. The third-order valence-electron chi connectivity index (χ3n) is 1.42. The number of carbonyl (C=O) groups is 2. The first-order valence-electron chi connectivity index (χ1n) is 4.17. The van der Waals surface area contributed by atoms with Crippen molar-refractivity contribution in [2.45, 2.75) is 32.6 Å². The number of hydrogen-bond donors (Lipinski definition) is 3. The lowest BCUT2D eigenvalue weighted by Gasteiger charge is -2.00. The van der Waals surface area contributed by atoms with Gasteiger partial charge < -0.3 is 0 Å². The van der Waals surface area contributed by atoms with Gasteiger partial charge >= 0.3 is 6.03 Å². The summed E-state index contributed by atoms with van der Waals surface area (Å²) in [6, 6.07) is -0.753. The number of nitrogens with one attached hydrogen (secondary N) is 3. The number of amides is 3. The molecule has 3 amide bonds. The fourth-order valence-corrected chi connectivity index (χ4v) is 0.803. The smallest absolute Gasteiger partial charge is 0.277 e. The molecule has 0 bridgehead atoms. The zero-order chi connectivity index (χ0) is 10.1. The van der Waals surface area contributed by atoms with Crippen LogP contribution < -0.4 is 10.7 Å².